The smallest absolute Gasteiger partial charge is 0.407 e. The monoisotopic (exact) mass is 174 g/mol. The number of amides is 1. The Morgan fingerprint density at radius 3 is 2.42 bits per heavy atom. The number of nitrogens with two attached hydrogens (primary N) is 1. The van der Waals surface area contributed by atoms with Crippen LogP contribution >= 0.6 is 0 Å². The van der Waals surface area contributed by atoms with Crippen molar-refractivity contribution in [3.63, 3.8) is 0 Å². The molecule has 5 heteroatoms. The molecule has 1 aliphatic heterocycles. The molecule has 1 rings (SSSR count). The van der Waals surface area contributed by atoms with Crippen LogP contribution in [0.4, 0.5) is 4.79 Å². The van der Waals surface area contributed by atoms with E-state index in [2.05, 4.69) is 0 Å². The van der Waals surface area contributed by atoms with Crippen LogP contribution in [0.25, 0.3) is 0 Å². The van der Waals surface area contributed by atoms with Gasteiger partial charge in [-0.05, 0) is 12.5 Å². The minimum Gasteiger partial charge on any atom is -0.465 e. The van der Waals surface area contributed by atoms with Crippen molar-refractivity contribution in [2.45, 2.75) is 0 Å². The van der Waals surface area contributed by atoms with E-state index in [9.17, 15) is 4.79 Å². The number of hydrogen-bond acceptors (Lipinski definition) is 3. The predicted molar refractivity (Wildman–Crippen MR) is 42.7 cm³/mol. The highest BCUT2D eigenvalue weighted by Crippen LogP contribution is 2.21. The molecule has 1 saturated heterocycles. The Bertz CT molecular complexity index is 162. The molecule has 4 N–H and O–H groups in total. The van der Waals surface area contributed by atoms with Crippen LogP contribution in [0, 0.1) is 11.8 Å². The topological polar surface area (TPSA) is 86.8 Å². The maximum Gasteiger partial charge on any atom is 0.407 e. The molecule has 0 spiro atoms. The molecule has 2 atom stereocenters. The first-order valence-corrected chi connectivity index (χ1v) is 3.97. The highest BCUT2D eigenvalue weighted by Gasteiger charge is 2.33. The number of aliphatic hydroxyl groups excluding tert-OH is 1. The number of aliphatic hydroxyl groups is 1. The molecule has 0 radical (unpaired) electrons. The lowest BCUT2D eigenvalue weighted by Gasteiger charge is -2.11. The summed E-state index contributed by atoms with van der Waals surface area (Å²) >= 11 is 0. The van der Waals surface area contributed by atoms with Crippen LogP contribution < -0.4 is 5.73 Å². The Kier molecular flexibility index (Phi) is 2.88. The van der Waals surface area contributed by atoms with Gasteiger partial charge in [0.25, 0.3) is 0 Å². The molecule has 0 bridgehead atoms. The minimum atomic E-state index is -0.926. The molecule has 0 aromatic carbocycles. The van der Waals surface area contributed by atoms with Crippen LogP contribution in [0.5, 0.6) is 0 Å². The van der Waals surface area contributed by atoms with Crippen molar-refractivity contribution >= 4 is 6.09 Å². The zero-order chi connectivity index (χ0) is 9.14. The summed E-state index contributed by atoms with van der Waals surface area (Å²) in [6, 6.07) is 0. The second-order valence-electron chi connectivity index (χ2n) is 3.13. The van der Waals surface area contributed by atoms with Gasteiger partial charge >= 0.3 is 6.09 Å². The van der Waals surface area contributed by atoms with E-state index in [1.165, 1.54) is 4.90 Å². The highest BCUT2D eigenvalue weighted by molar-refractivity contribution is 5.65. The molecule has 0 aliphatic carbocycles. The van der Waals surface area contributed by atoms with Gasteiger partial charge < -0.3 is 20.8 Å². The van der Waals surface area contributed by atoms with Crippen LogP contribution in [-0.4, -0.2) is 47.4 Å². The molecule has 1 amide bonds. The fourth-order valence-electron chi connectivity index (χ4n) is 1.57. The van der Waals surface area contributed by atoms with E-state index in [4.69, 9.17) is 15.9 Å². The van der Waals surface area contributed by atoms with Crippen molar-refractivity contribution in [1.29, 1.82) is 0 Å². The van der Waals surface area contributed by atoms with Crippen molar-refractivity contribution in [3.8, 4) is 0 Å². The standard InChI is InChI=1S/C7H14N2O3/c8-1-5-2-9(7(11)12)3-6(5)4-10/h5-6,10H,1-4,8H2,(H,11,12). The summed E-state index contributed by atoms with van der Waals surface area (Å²) in [5.74, 6) is 0.136. The number of rotatable bonds is 2. The Hall–Kier alpha value is -0.810. The largest absolute Gasteiger partial charge is 0.465 e. The molecule has 1 heterocycles. The lowest BCUT2D eigenvalue weighted by Crippen LogP contribution is -2.27. The third kappa shape index (κ3) is 1.67. The Labute approximate surface area is 70.8 Å². The summed E-state index contributed by atoms with van der Waals surface area (Å²) in [6.07, 6.45) is -0.926. The van der Waals surface area contributed by atoms with Crippen LogP contribution in [0.15, 0.2) is 0 Å². The van der Waals surface area contributed by atoms with Gasteiger partial charge in [0.15, 0.2) is 0 Å². The van der Waals surface area contributed by atoms with Gasteiger partial charge in [-0.15, -0.1) is 0 Å². The molecule has 0 aromatic rings. The van der Waals surface area contributed by atoms with Gasteiger partial charge in [0.1, 0.15) is 0 Å². The molecule has 2 unspecified atom stereocenters. The average molecular weight is 174 g/mol. The number of nitrogens with zero attached hydrogens (tertiary/aromatic N) is 1. The van der Waals surface area contributed by atoms with E-state index in [0.29, 0.717) is 19.6 Å². The lowest BCUT2D eigenvalue weighted by atomic mass is 9.97. The van der Waals surface area contributed by atoms with Crippen LogP contribution in [-0.2, 0) is 0 Å². The zero-order valence-electron chi connectivity index (χ0n) is 6.81. The second-order valence-corrected chi connectivity index (χ2v) is 3.13. The second kappa shape index (κ2) is 3.73. The maximum atomic E-state index is 10.5. The van der Waals surface area contributed by atoms with Crippen LogP contribution in [0.2, 0.25) is 0 Å². The quantitative estimate of drug-likeness (QED) is 0.509. The predicted octanol–water partition coefficient (Wildman–Crippen LogP) is -0.837. The van der Waals surface area contributed by atoms with Crippen molar-refractivity contribution in [2.24, 2.45) is 17.6 Å². The Morgan fingerprint density at radius 1 is 1.50 bits per heavy atom. The summed E-state index contributed by atoms with van der Waals surface area (Å²) in [4.78, 5) is 11.8. The molecular weight excluding hydrogens is 160 g/mol. The summed E-state index contributed by atoms with van der Waals surface area (Å²) in [5.41, 5.74) is 5.43. The SMILES string of the molecule is NCC1CN(C(=O)O)CC1CO. The minimum absolute atomic E-state index is 0.0195. The molecular formula is C7H14N2O3. The number of carboxylic acid groups (broad SMARTS) is 1. The normalized spacial score (nSPS) is 29.3. The highest BCUT2D eigenvalue weighted by atomic mass is 16.4. The van der Waals surface area contributed by atoms with Crippen LogP contribution in [0.3, 0.4) is 0 Å². The van der Waals surface area contributed by atoms with E-state index in [-0.39, 0.29) is 18.4 Å². The third-order valence-electron chi connectivity index (χ3n) is 2.38. The van der Waals surface area contributed by atoms with Gasteiger partial charge in [0.05, 0.1) is 0 Å². The summed E-state index contributed by atoms with van der Waals surface area (Å²) in [6.45, 7) is 1.32. The Morgan fingerprint density at radius 2 is 2.08 bits per heavy atom. The third-order valence-corrected chi connectivity index (χ3v) is 2.38. The van der Waals surface area contributed by atoms with E-state index in [0.717, 1.165) is 0 Å². The fourth-order valence-corrected chi connectivity index (χ4v) is 1.57. The summed E-state index contributed by atoms with van der Waals surface area (Å²) in [7, 11) is 0. The summed E-state index contributed by atoms with van der Waals surface area (Å²) in [5, 5.41) is 17.5. The molecule has 5 nitrogen and oxygen atoms in total. The van der Waals surface area contributed by atoms with Gasteiger partial charge in [-0.2, -0.15) is 0 Å². The number of hydrogen-bond donors (Lipinski definition) is 3. The van der Waals surface area contributed by atoms with Gasteiger partial charge in [0.2, 0.25) is 0 Å². The molecule has 1 fully saturated rings. The zero-order valence-corrected chi connectivity index (χ0v) is 6.81. The van der Waals surface area contributed by atoms with Crippen molar-refractivity contribution in [1.82, 2.24) is 4.90 Å². The fraction of sp³-hybridized carbons (Fsp3) is 0.857. The van der Waals surface area contributed by atoms with Crippen LogP contribution in [0.1, 0.15) is 0 Å². The average Bonchev–Trinajstić information content (AvgIpc) is 2.46. The number of carbonyl (C=O) groups is 1. The van der Waals surface area contributed by atoms with E-state index in [1.807, 2.05) is 0 Å². The molecule has 12 heavy (non-hydrogen) atoms. The first kappa shape index (κ1) is 9.28. The van der Waals surface area contributed by atoms with Gasteiger partial charge in [-0.3, -0.25) is 0 Å². The first-order valence-electron chi connectivity index (χ1n) is 3.97. The molecule has 70 valence electrons. The van der Waals surface area contributed by atoms with Crippen molar-refractivity contribution in [2.75, 3.05) is 26.2 Å². The first-order chi connectivity index (χ1) is 5.69. The van der Waals surface area contributed by atoms with E-state index < -0.39 is 6.09 Å². The summed E-state index contributed by atoms with van der Waals surface area (Å²) < 4.78 is 0. The molecule has 0 saturated carbocycles. The van der Waals surface area contributed by atoms with Crippen molar-refractivity contribution < 1.29 is 15.0 Å². The molecule has 1 aliphatic rings. The van der Waals surface area contributed by atoms with Gasteiger partial charge in [-0.1, -0.05) is 0 Å². The van der Waals surface area contributed by atoms with Gasteiger partial charge in [-0.25, -0.2) is 4.79 Å². The lowest BCUT2D eigenvalue weighted by molar-refractivity contribution is 0.150. The maximum absolute atomic E-state index is 10.5. The van der Waals surface area contributed by atoms with Crippen molar-refractivity contribution in [3.05, 3.63) is 0 Å². The van der Waals surface area contributed by atoms with E-state index >= 15 is 0 Å². The number of likely N-dealkylation sites (tertiary alicyclic amines) is 1. The van der Waals surface area contributed by atoms with E-state index in [1.54, 1.807) is 0 Å². The Balaban J connectivity index is 2.53. The van der Waals surface area contributed by atoms with Gasteiger partial charge in [0, 0.05) is 25.6 Å². The molecule has 0 aromatic heterocycles.